The molecule has 1 saturated heterocycles. The van der Waals surface area contributed by atoms with Gasteiger partial charge in [-0.1, -0.05) is 18.0 Å². The van der Waals surface area contributed by atoms with Gasteiger partial charge in [0.25, 0.3) is 0 Å². The van der Waals surface area contributed by atoms with Crippen LogP contribution in [0.1, 0.15) is 43.7 Å². The standard InChI is InChI=1S/C18H24ClN5O3S/c1-28(26,27)24-7-5-11(6-8-24)22-18-21-9-13-14(19)10-20-16(17(13)23-18)12-3-2-4-15(12)25/h9-12,15,25H,2-8H2,1H3,(H,21,22,23). The fraction of sp³-hybridized carbons (Fsp3) is 0.611. The summed E-state index contributed by atoms with van der Waals surface area (Å²) in [5.74, 6) is 0.434. The molecule has 2 atom stereocenters. The van der Waals surface area contributed by atoms with Crippen LogP contribution in [0.2, 0.25) is 5.02 Å². The van der Waals surface area contributed by atoms with Crippen molar-refractivity contribution in [1.82, 2.24) is 19.3 Å². The van der Waals surface area contributed by atoms with Gasteiger partial charge < -0.3 is 10.4 Å². The number of rotatable bonds is 4. The van der Waals surface area contributed by atoms with Crippen LogP contribution in [-0.2, 0) is 10.0 Å². The molecule has 2 fully saturated rings. The van der Waals surface area contributed by atoms with Gasteiger partial charge in [-0.15, -0.1) is 0 Å². The molecule has 2 N–H and O–H groups in total. The van der Waals surface area contributed by atoms with Crippen molar-refractivity contribution in [2.45, 2.75) is 50.2 Å². The molecule has 0 amide bonds. The van der Waals surface area contributed by atoms with Crippen LogP contribution >= 0.6 is 11.6 Å². The summed E-state index contributed by atoms with van der Waals surface area (Å²) in [7, 11) is -3.15. The van der Waals surface area contributed by atoms with E-state index in [0.29, 0.717) is 42.4 Å². The molecule has 2 aromatic rings. The topological polar surface area (TPSA) is 108 Å². The Hall–Kier alpha value is -1.55. The zero-order valence-corrected chi connectivity index (χ0v) is 17.2. The van der Waals surface area contributed by atoms with Crippen molar-refractivity contribution >= 4 is 38.5 Å². The monoisotopic (exact) mass is 425 g/mol. The molecule has 1 aliphatic heterocycles. The van der Waals surface area contributed by atoms with Crippen LogP contribution in [0.3, 0.4) is 0 Å². The predicted octanol–water partition coefficient (Wildman–Crippen LogP) is 2.14. The summed E-state index contributed by atoms with van der Waals surface area (Å²) in [6.07, 6.45) is 8.10. The quantitative estimate of drug-likeness (QED) is 0.772. The smallest absolute Gasteiger partial charge is 0.223 e. The molecule has 8 nitrogen and oxygen atoms in total. The molecule has 4 rings (SSSR count). The maximum Gasteiger partial charge on any atom is 0.223 e. The van der Waals surface area contributed by atoms with Gasteiger partial charge in [0.1, 0.15) is 0 Å². The number of pyridine rings is 1. The maximum atomic E-state index is 11.7. The van der Waals surface area contributed by atoms with E-state index >= 15 is 0 Å². The van der Waals surface area contributed by atoms with E-state index in [4.69, 9.17) is 11.6 Å². The zero-order chi connectivity index (χ0) is 19.9. The highest BCUT2D eigenvalue weighted by Gasteiger charge is 2.30. The first-order valence-corrected chi connectivity index (χ1v) is 11.8. The zero-order valence-electron chi connectivity index (χ0n) is 15.7. The highest BCUT2D eigenvalue weighted by molar-refractivity contribution is 7.88. The lowest BCUT2D eigenvalue weighted by molar-refractivity contribution is 0.163. The third kappa shape index (κ3) is 3.94. The summed E-state index contributed by atoms with van der Waals surface area (Å²) in [4.78, 5) is 13.5. The molecule has 2 unspecified atom stereocenters. The van der Waals surface area contributed by atoms with Gasteiger partial charge in [0.2, 0.25) is 16.0 Å². The van der Waals surface area contributed by atoms with Gasteiger partial charge in [-0.25, -0.2) is 22.7 Å². The summed E-state index contributed by atoms with van der Waals surface area (Å²) < 4.78 is 24.8. The molecule has 1 saturated carbocycles. The van der Waals surface area contributed by atoms with Crippen molar-refractivity contribution in [2.75, 3.05) is 24.7 Å². The number of aliphatic hydroxyl groups excluding tert-OH is 1. The first kappa shape index (κ1) is 19.8. The summed E-state index contributed by atoms with van der Waals surface area (Å²) in [6.45, 7) is 0.966. The molecule has 0 spiro atoms. The van der Waals surface area contributed by atoms with E-state index in [1.807, 2.05) is 0 Å². The summed E-state index contributed by atoms with van der Waals surface area (Å²) in [6, 6.07) is 0.100. The van der Waals surface area contributed by atoms with E-state index in [1.54, 1.807) is 12.4 Å². The largest absolute Gasteiger partial charge is 0.392 e. The highest BCUT2D eigenvalue weighted by atomic mass is 35.5. The van der Waals surface area contributed by atoms with Gasteiger partial charge in [0, 0.05) is 42.8 Å². The third-order valence-electron chi connectivity index (χ3n) is 5.69. The van der Waals surface area contributed by atoms with E-state index in [-0.39, 0.29) is 12.0 Å². The lowest BCUT2D eigenvalue weighted by Gasteiger charge is -2.30. The summed E-state index contributed by atoms with van der Waals surface area (Å²) in [5, 5.41) is 14.8. The number of aromatic nitrogens is 3. The average molecular weight is 426 g/mol. The second kappa shape index (κ2) is 7.70. The number of piperidine rings is 1. The Kier molecular flexibility index (Phi) is 5.43. The van der Waals surface area contributed by atoms with Gasteiger partial charge in [0.15, 0.2) is 0 Å². The molecule has 28 heavy (non-hydrogen) atoms. The number of hydrogen-bond acceptors (Lipinski definition) is 7. The van der Waals surface area contributed by atoms with E-state index < -0.39 is 16.1 Å². The number of aliphatic hydroxyl groups is 1. The van der Waals surface area contributed by atoms with Crippen molar-refractivity contribution in [3.8, 4) is 0 Å². The molecular weight excluding hydrogens is 402 g/mol. The Bertz CT molecular complexity index is 979. The fourth-order valence-corrected chi connectivity index (χ4v) is 5.18. The van der Waals surface area contributed by atoms with Crippen LogP contribution in [0.4, 0.5) is 5.95 Å². The lowest BCUT2D eigenvalue weighted by Crippen LogP contribution is -2.42. The van der Waals surface area contributed by atoms with Crippen LogP contribution in [0, 0.1) is 0 Å². The normalized spacial score (nSPS) is 24.7. The Balaban J connectivity index is 1.57. The number of nitrogens with zero attached hydrogens (tertiary/aromatic N) is 4. The van der Waals surface area contributed by atoms with E-state index in [2.05, 4.69) is 20.3 Å². The maximum absolute atomic E-state index is 11.7. The van der Waals surface area contributed by atoms with Gasteiger partial charge in [-0.3, -0.25) is 4.98 Å². The summed E-state index contributed by atoms with van der Waals surface area (Å²) >= 11 is 6.29. The minimum atomic E-state index is -3.15. The summed E-state index contributed by atoms with van der Waals surface area (Å²) in [5.41, 5.74) is 1.44. The Morgan fingerprint density at radius 3 is 2.57 bits per heavy atom. The number of fused-ring (bicyclic) bond motifs is 1. The van der Waals surface area contributed by atoms with E-state index in [9.17, 15) is 13.5 Å². The minimum Gasteiger partial charge on any atom is -0.392 e. The molecule has 152 valence electrons. The van der Waals surface area contributed by atoms with Gasteiger partial charge in [0.05, 0.1) is 28.6 Å². The van der Waals surface area contributed by atoms with Crippen LogP contribution in [0.15, 0.2) is 12.4 Å². The average Bonchev–Trinajstić information content (AvgIpc) is 3.07. The van der Waals surface area contributed by atoms with Crippen LogP contribution in [0.5, 0.6) is 0 Å². The molecule has 2 aliphatic rings. The number of hydrogen-bond donors (Lipinski definition) is 2. The third-order valence-corrected chi connectivity index (χ3v) is 7.30. The van der Waals surface area contributed by atoms with Crippen molar-refractivity contribution in [2.24, 2.45) is 0 Å². The molecule has 3 heterocycles. The second-order valence-corrected chi connectivity index (χ2v) is 10.0. The number of sulfonamides is 1. The van der Waals surface area contributed by atoms with Gasteiger partial charge >= 0.3 is 0 Å². The number of halogens is 1. The Morgan fingerprint density at radius 1 is 1.18 bits per heavy atom. The van der Waals surface area contributed by atoms with Crippen LogP contribution in [0.25, 0.3) is 10.9 Å². The first-order valence-electron chi connectivity index (χ1n) is 9.54. The highest BCUT2D eigenvalue weighted by Crippen LogP contribution is 2.37. The van der Waals surface area contributed by atoms with Crippen LogP contribution < -0.4 is 5.32 Å². The van der Waals surface area contributed by atoms with Crippen molar-refractivity contribution in [3.05, 3.63) is 23.1 Å². The molecule has 2 aromatic heterocycles. The van der Waals surface area contributed by atoms with Crippen molar-refractivity contribution in [1.29, 1.82) is 0 Å². The molecular formula is C18H24ClN5O3S. The van der Waals surface area contributed by atoms with E-state index in [1.165, 1.54) is 10.6 Å². The molecule has 0 radical (unpaired) electrons. The Labute approximate surface area is 169 Å². The molecule has 0 aromatic carbocycles. The molecule has 10 heteroatoms. The number of nitrogens with one attached hydrogen (secondary N) is 1. The SMILES string of the molecule is CS(=O)(=O)N1CCC(Nc2ncc3c(Cl)cnc(C4CCCC4O)c3n2)CC1. The lowest BCUT2D eigenvalue weighted by atomic mass is 9.99. The van der Waals surface area contributed by atoms with Gasteiger partial charge in [-0.2, -0.15) is 0 Å². The van der Waals surface area contributed by atoms with Gasteiger partial charge in [-0.05, 0) is 25.7 Å². The number of anilines is 1. The van der Waals surface area contributed by atoms with Crippen molar-refractivity contribution in [3.63, 3.8) is 0 Å². The first-order chi connectivity index (χ1) is 13.3. The minimum absolute atomic E-state index is 0.0412. The predicted molar refractivity (Wildman–Crippen MR) is 108 cm³/mol. The van der Waals surface area contributed by atoms with E-state index in [0.717, 1.165) is 30.3 Å². The molecule has 0 bridgehead atoms. The Morgan fingerprint density at radius 2 is 1.93 bits per heavy atom. The van der Waals surface area contributed by atoms with Crippen molar-refractivity contribution < 1.29 is 13.5 Å². The second-order valence-electron chi connectivity index (χ2n) is 7.63. The van der Waals surface area contributed by atoms with Crippen LogP contribution in [-0.4, -0.2) is 64.3 Å². The fourth-order valence-electron chi connectivity index (χ4n) is 4.12. The molecule has 1 aliphatic carbocycles.